The van der Waals surface area contributed by atoms with Gasteiger partial charge in [0.2, 0.25) is 11.8 Å². The lowest BCUT2D eigenvalue weighted by atomic mass is 10.0. The van der Waals surface area contributed by atoms with Crippen molar-refractivity contribution in [1.29, 1.82) is 0 Å². The molecule has 3 aromatic carbocycles. The Morgan fingerprint density at radius 3 is 2.18 bits per heavy atom. The van der Waals surface area contributed by atoms with Gasteiger partial charge in [-0.3, -0.25) is 9.59 Å². The van der Waals surface area contributed by atoms with Crippen molar-refractivity contribution in [2.75, 3.05) is 12.3 Å². The van der Waals surface area contributed by atoms with Gasteiger partial charge in [0, 0.05) is 25.3 Å². The van der Waals surface area contributed by atoms with E-state index in [0.717, 1.165) is 28.9 Å². The number of thioether (sulfide) groups is 1. The minimum atomic E-state index is -0.570. The number of rotatable bonds is 12. The molecule has 0 spiro atoms. The molecule has 0 aliphatic heterocycles. The molecule has 0 bridgehead atoms. The summed E-state index contributed by atoms with van der Waals surface area (Å²) in [6, 6.07) is 27.7. The van der Waals surface area contributed by atoms with Gasteiger partial charge in [-0.2, -0.15) is 0 Å². The molecule has 0 unspecified atom stereocenters. The number of benzene rings is 3. The Morgan fingerprint density at radius 2 is 1.53 bits per heavy atom. The molecule has 0 heterocycles. The molecule has 0 fully saturated rings. The highest BCUT2D eigenvalue weighted by atomic mass is 32.2. The van der Waals surface area contributed by atoms with Crippen LogP contribution in [0.1, 0.15) is 35.6 Å². The van der Waals surface area contributed by atoms with Crippen molar-refractivity contribution in [3.05, 3.63) is 107 Å². The van der Waals surface area contributed by atoms with Gasteiger partial charge in [-0.15, -0.1) is 11.8 Å². The smallest absolute Gasteiger partial charge is 0.243 e. The first kappa shape index (κ1) is 25.6. The molecule has 5 heteroatoms. The van der Waals surface area contributed by atoms with Crippen molar-refractivity contribution in [2.24, 2.45) is 0 Å². The number of carbonyl (C=O) groups is 2. The predicted octanol–water partition coefficient (Wildman–Crippen LogP) is 5.39. The van der Waals surface area contributed by atoms with Crippen LogP contribution in [0.15, 0.2) is 84.9 Å². The molecule has 0 saturated carbocycles. The second-order valence-electron chi connectivity index (χ2n) is 8.49. The van der Waals surface area contributed by atoms with Gasteiger partial charge in [0.25, 0.3) is 0 Å². The first-order valence-electron chi connectivity index (χ1n) is 11.8. The highest BCUT2D eigenvalue weighted by molar-refractivity contribution is 7.99. The monoisotopic (exact) mass is 474 g/mol. The van der Waals surface area contributed by atoms with Crippen LogP contribution in [0.3, 0.4) is 0 Å². The lowest BCUT2D eigenvalue weighted by Gasteiger charge is -2.31. The minimum Gasteiger partial charge on any atom is -0.354 e. The molecule has 2 amide bonds. The summed E-state index contributed by atoms with van der Waals surface area (Å²) < 4.78 is 0. The van der Waals surface area contributed by atoms with Crippen molar-refractivity contribution in [3.8, 4) is 0 Å². The zero-order valence-corrected chi connectivity index (χ0v) is 20.9. The highest BCUT2D eigenvalue weighted by Gasteiger charge is 2.30. The third kappa shape index (κ3) is 8.07. The fraction of sp³-hybridized carbons (Fsp3) is 0.310. The summed E-state index contributed by atoms with van der Waals surface area (Å²) in [6.07, 6.45) is 1.33. The van der Waals surface area contributed by atoms with Gasteiger partial charge < -0.3 is 10.2 Å². The van der Waals surface area contributed by atoms with E-state index in [4.69, 9.17) is 0 Å². The van der Waals surface area contributed by atoms with Crippen molar-refractivity contribution in [1.82, 2.24) is 10.2 Å². The van der Waals surface area contributed by atoms with Crippen LogP contribution in [0, 0.1) is 6.92 Å². The second kappa shape index (κ2) is 13.6. The zero-order valence-electron chi connectivity index (χ0n) is 20.1. The number of amides is 2. The maximum atomic E-state index is 13.6. The Morgan fingerprint density at radius 1 is 0.882 bits per heavy atom. The van der Waals surface area contributed by atoms with E-state index in [0.29, 0.717) is 25.3 Å². The first-order chi connectivity index (χ1) is 16.6. The predicted molar refractivity (Wildman–Crippen MR) is 142 cm³/mol. The van der Waals surface area contributed by atoms with E-state index in [1.165, 1.54) is 5.56 Å². The Labute approximate surface area is 207 Å². The molecule has 178 valence electrons. The molecule has 4 nitrogen and oxygen atoms in total. The third-order valence-electron chi connectivity index (χ3n) is 5.59. The van der Waals surface area contributed by atoms with Crippen LogP contribution < -0.4 is 5.32 Å². The quantitative estimate of drug-likeness (QED) is 0.383. The van der Waals surface area contributed by atoms with Crippen LogP contribution in [0.25, 0.3) is 0 Å². The molecule has 0 aliphatic carbocycles. The molecule has 3 rings (SSSR count). The fourth-order valence-electron chi connectivity index (χ4n) is 3.84. The maximum absolute atomic E-state index is 13.6. The van der Waals surface area contributed by atoms with Gasteiger partial charge >= 0.3 is 0 Å². The van der Waals surface area contributed by atoms with Gasteiger partial charge in [-0.05, 0) is 30.0 Å². The normalized spacial score (nSPS) is 11.6. The van der Waals surface area contributed by atoms with E-state index in [1.54, 1.807) is 16.7 Å². The first-order valence-corrected chi connectivity index (χ1v) is 13.0. The fourth-order valence-corrected chi connectivity index (χ4v) is 4.71. The lowest BCUT2D eigenvalue weighted by Crippen LogP contribution is -2.51. The van der Waals surface area contributed by atoms with Crippen molar-refractivity contribution in [3.63, 3.8) is 0 Å². The van der Waals surface area contributed by atoms with Crippen LogP contribution in [0.2, 0.25) is 0 Å². The van der Waals surface area contributed by atoms with Crippen LogP contribution in [0.5, 0.6) is 0 Å². The van der Waals surface area contributed by atoms with E-state index >= 15 is 0 Å². The topological polar surface area (TPSA) is 49.4 Å². The maximum Gasteiger partial charge on any atom is 0.243 e. The van der Waals surface area contributed by atoms with E-state index in [1.807, 2.05) is 80.6 Å². The van der Waals surface area contributed by atoms with Crippen molar-refractivity contribution >= 4 is 23.6 Å². The molecule has 3 aromatic rings. The van der Waals surface area contributed by atoms with Gasteiger partial charge in [0.15, 0.2) is 0 Å². The summed E-state index contributed by atoms with van der Waals surface area (Å²) in [7, 11) is 0. The van der Waals surface area contributed by atoms with E-state index in [-0.39, 0.29) is 11.8 Å². The standard InChI is InChI=1S/C29H34N2O2S/c1-3-17-30-29(33)27(19-24-12-6-4-7-13-24)31(20-26-16-10-11-23(2)18-26)28(32)22-34-21-25-14-8-5-9-15-25/h4-16,18,27H,3,17,19-22H2,1-2H3,(H,30,33)/t27-/m0/s1. The minimum absolute atomic E-state index is 0.0185. The Hall–Kier alpha value is -3.05. The summed E-state index contributed by atoms with van der Waals surface area (Å²) in [5.74, 6) is 0.971. The average Bonchev–Trinajstić information content (AvgIpc) is 2.86. The third-order valence-corrected chi connectivity index (χ3v) is 6.58. The number of nitrogens with one attached hydrogen (secondary N) is 1. The van der Waals surface area contributed by atoms with Crippen LogP contribution in [-0.2, 0) is 28.3 Å². The molecule has 1 atom stereocenters. The Balaban J connectivity index is 1.83. The molecule has 0 radical (unpaired) electrons. The van der Waals surface area contributed by atoms with Crippen LogP contribution in [0.4, 0.5) is 0 Å². The number of carbonyl (C=O) groups excluding carboxylic acids is 2. The zero-order chi connectivity index (χ0) is 24.2. The average molecular weight is 475 g/mol. The van der Waals surface area contributed by atoms with Gasteiger partial charge in [-0.1, -0.05) is 97.4 Å². The highest BCUT2D eigenvalue weighted by Crippen LogP contribution is 2.19. The summed E-state index contributed by atoms with van der Waals surface area (Å²) in [5.41, 5.74) is 4.39. The van der Waals surface area contributed by atoms with Gasteiger partial charge in [0.05, 0.1) is 5.75 Å². The summed E-state index contributed by atoms with van der Waals surface area (Å²) >= 11 is 1.59. The summed E-state index contributed by atoms with van der Waals surface area (Å²) in [4.78, 5) is 28.6. The lowest BCUT2D eigenvalue weighted by molar-refractivity contribution is -0.139. The van der Waals surface area contributed by atoms with Crippen LogP contribution >= 0.6 is 11.8 Å². The summed E-state index contributed by atoms with van der Waals surface area (Å²) in [5, 5.41) is 3.03. The number of aryl methyl sites for hydroxylation is 1. The van der Waals surface area contributed by atoms with Gasteiger partial charge in [-0.25, -0.2) is 0 Å². The van der Waals surface area contributed by atoms with E-state index in [9.17, 15) is 9.59 Å². The molecular formula is C29H34N2O2S. The molecule has 34 heavy (non-hydrogen) atoms. The number of nitrogens with zero attached hydrogens (tertiary/aromatic N) is 1. The van der Waals surface area contributed by atoms with E-state index < -0.39 is 6.04 Å². The molecule has 0 aromatic heterocycles. The number of hydrogen-bond donors (Lipinski definition) is 1. The van der Waals surface area contributed by atoms with Crippen LogP contribution in [-0.4, -0.2) is 35.1 Å². The van der Waals surface area contributed by atoms with Crippen molar-refractivity contribution in [2.45, 2.75) is 45.0 Å². The molecule has 1 N–H and O–H groups in total. The molecule has 0 saturated heterocycles. The SMILES string of the molecule is CCCNC(=O)[C@H](Cc1ccccc1)N(Cc1cccc(C)c1)C(=O)CSCc1ccccc1. The van der Waals surface area contributed by atoms with Crippen molar-refractivity contribution < 1.29 is 9.59 Å². The molecular weight excluding hydrogens is 440 g/mol. The van der Waals surface area contributed by atoms with E-state index in [2.05, 4.69) is 23.5 Å². The molecule has 0 aliphatic rings. The number of hydrogen-bond acceptors (Lipinski definition) is 3. The van der Waals surface area contributed by atoms with Gasteiger partial charge in [0.1, 0.15) is 6.04 Å². The summed E-state index contributed by atoms with van der Waals surface area (Å²) in [6.45, 7) is 5.08. The Kier molecular flexibility index (Phi) is 10.2. The largest absolute Gasteiger partial charge is 0.354 e. The second-order valence-corrected chi connectivity index (χ2v) is 9.47. The Bertz CT molecular complexity index is 1040.